The van der Waals surface area contributed by atoms with E-state index in [1.54, 1.807) is 0 Å². The van der Waals surface area contributed by atoms with Crippen molar-refractivity contribution in [2.24, 2.45) is 7.05 Å². The van der Waals surface area contributed by atoms with E-state index >= 15 is 0 Å². The maximum Gasteiger partial charge on any atom is 0.241 e. The molecule has 2 heterocycles. The number of benzene rings is 1. The van der Waals surface area contributed by atoms with Gasteiger partial charge in [-0.25, -0.2) is 0 Å². The molecule has 6 nitrogen and oxygen atoms in total. The van der Waals surface area contributed by atoms with E-state index < -0.39 is 0 Å². The van der Waals surface area contributed by atoms with E-state index in [0.29, 0.717) is 18.9 Å². The summed E-state index contributed by atoms with van der Waals surface area (Å²) in [6.07, 6.45) is 1.36. The number of amides is 1. The molecule has 23 heavy (non-hydrogen) atoms. The Labute approximate surface area is 135 Å². The molecule has 122 valence electrons. The molecule has 1 aliphatic rings. The predicted octanol–water partition coefficient (Wildman–Crippen LogP) is 1.88. The van der Waals surface area contributed by atoms with Crippen LogP contribution in [-0.4, -0.2) is 35.9 Å². The number of rotatable bonds is 6. The van der Waals surface area contributed by atoms with Crippen molar-refractivity contribution < 1.29 is 9.53 Å². The van der Waals surface area contributed by atoms with Crippen LogP contribution in [-0.2, 0) is 18.3 Å². The number of aryl methyl sites for hydroxylation is 1. The third-order valence-corrected chi connectivity index (χ3v) is 4.13. The zero-order chi connectivity index (χ0) is 16.4. The van der Waals surface area contributed by atoms with Crippen molar-refractivity contribution in [3.05, 3.63) is 29.5 Å². The van der Waals surface area contributed by atoms with E-state index in [0.717, 1.165) is 41.0 Å². The van der Waals surface area contributed by atoms with Crippen molar-refractivity contribution in [1.82, 2.24) is 15.1 Å². The lowest BCUT2D eigenvalue weighted by Crippen LogP contribution is -2.11. The first kappa shape index (κ1) is 15.6. The van der Waals surface area contributed by atoms with Crippen LogP contribution in [0.4, 0.5) is 5.69 Å². The molecule has 0 spiro atoms. The minimum Gasteiger partial charge on any atom is -0.476 e. The van der Waals surface area contributed by atoms with Gasteiger partial charge in [0.25, 0.3) is 0 Å². The van der Waals surface area contributed by atoms with Crippen LogP contribution < -0.4 is 15.4 Å². The predicted molar refractivity (Wildman–Crippen MR) is 89.8 cm³/mol. The Bertz CT molecular complexity index is 736. The zero-order valence-electron chi connectivity index (χ0n) is 13.8. The average molecular weight is 314 g/mol. The van der Waals surface area contributed by atoms with Crippen LogP contribution in [0, 0.1) is 6.92 Å². The lowest BCUT2D eigenvalue weighted by molar-refractivity contribution is -0.115. The van der Waals surface area contributed by atoms with Crippen molar-refractivity contribution in [2.75, 3.05) is 25.5 Å². The fourth-order valence-corrected chi connectivity index (χ4v) is 2.81. The first-order valence-electron chi connectivity index (χ1n) is 7.84. The highest BCUT2D eigenvalue weighted by atomic mass is 16.5. The summed E-state index contributed by atoms with van der Waals surface area (Å²) in [5.41, 5.74) is 5.01. The molecule has 6 heteroatoms. The molecule has 0 saturated carbocycles. The van der Waals surface area contributed by atoms with Crippen LogP contribution in [0.25, 0.3) is 11.1 Å². The average Bonchev–Trinajstić information content (AvgIpc) is 3.02. The second kappa shape index (κ2) is 6.42. The summed E-state index contributed by atoms with van der Waals surface area (Å²) in [5.74, 6) is 0.696. The maximum absolute atomic E-state index is 11.5. The molecular formula is C17H22N4O2. The van der Waals surface area contributed by atoms with Crippen LogP contribution in [0.2, 0.25) is 0 Å². The second-order valence-electron chi connectivity index (χ2n) is 5.79. The lowest BCUT2D eigenvalue weighted by atomic mass is 10.0. The Hall–Kier alpha value is -2.34. The Morgan fingerprint density at radius 2 is 2.26 bits per heavy atom. The Balaban J connectivity index is 1.90. The van der Waals surface area contributed by atoms with Crippen LogP contribution in [0.3, 0.4) is 0 Å². The number of aromatic nitrogens is 2. The van der Waals surface area contributed by atoms with Crippen molar-refractivity contribution in [2.45, 2.75) is 19.8 Å². The number of carbonyl (C=O) groups is 1. The van der Waals surface area contributed by atoms with Crippen molar-refractivity contribution >= 4 is 11.6 Å². The Kier molecular flexibility index (Phi) is 4.34. The van der Waals surface area contributed by atoms with E-state index in [1.165, 1.54) is 0 Å². The third kappa shape index (κ3) is 3.07. The molecule has 0 unspecified atom stereocenters. The molecule has 1 aromatic heterocycles. The van der Waals surface area contributed by atoms with Gasteiger partial charge in [0.05, 0.1) is 18.6 Å². The van der Waals surface area contributed by atoms with Gasteiger partial charge < -0.3 is 15.4 Å². The smallest absolute Gasteiger partial charge is 0.241 e. The number of fused-ring (bicyclic) bond motifs is 1. The first-order chi connectivity index (χ1) is 11.1. The van der Waals surface area contributed by atoms with Crippen LogP contribution in [0.15, 0.2) is 18.2 Å². The second-order valence-corrected chi connectivity index (χ2v) is 5.79. The summed E-state index contributed by atoms with van der Waals surface area (Å²) in [6.45, 7) is 3.56. The molecule has 1 aromatic carbocycles. The third-order valence-electron chi connectivity index (χ3n) is 4.13. The molecule has 0 atom stereocenters. The minimum absolute atomic E-state index is 0.0450. The summed E-state index contributed by atoms with van der Waals surface area (Å²) >= 11 is 0. The number of anilines is 1. The fraction of sp³-hybridized carbons (Fsp3) is 0.412. The van der Waals surface area contributed by atoms with Crippen LogP contribution in [0.5, 0.6) is 5.88 Å². The molecule has 1 aliphatic heterocycles. The summed E-state index contributed by atoms with van der Waals surface area (Å²) in [4.78, 5) is 11.5. The summed E-state index contributed by atoms with van der Waals surface area (Å²) in [6, 6.07) is 6.01. The normalized spacial score (nSPS) is 13.1. The maximum atomic E-state index is 11.5. The molecule has 1 amide bonds. The number of hydrogen-bond donors (Lipinski definition) is 2. The lowest BCUT2D eigenvalue weighted by Gasteiger charge is -2.08. The van der Waals surface area contributed by atoms with Gasteiger partial charge in [-0.3, -0.25) is 9.48 Å². The standard InChI is InChI=1S/C17H22N4O2/c1-11-16(17(20-21(11)3)23-8-4-7-18-2)12-5-6-14-13(9-12)10-15(22)19-14/h5-6,9,18H,4,7-8,10H2,1-3H3,(H,19,22). The van der Waals surface area contributed by atoms with Gasteiger partial charge in [-0.1, -0.05) is 6.07 Å². The SMILES string of the molecule is CNCCCOc1nn(C)c(C)c1-c1ccc2c(c1)CC(=O)N2. The van der Waals surface area contributed by atoms with Crippen LogP contribution >= 0.6 is 0 Å². The van der Waals surface area contributed by atoms with Crippen molar-refractivity contribution in [3.63, 3.8) is 0 Å². The van der Waals surface area contributed by atoms with Gasteiger partial charge in [-0.15, -0.1) is 5.10 Å². The highest BCUT2D eigenvalue weighted by Crippen LogP contribution is 2.35. The van der Waals surface area contributed by atoms with E-state index in [2.05, 4.69) is 21.8 Å². The number of nitrogens with one attached hydrogen (secondary N) is 2. The molecule has 2 N–H and O–H groups in total. The number of hydrogen-bond acceptors (Lipinski definition) is 4. The topological polar surface area (TPSA) is 68.2 Å². The van der Waals surface area contributed by atoms with Gasteiger partial charge >= 0.3 is 0 Å². The van der Waals surface area contributed by atoms with Gasteiger partial charge in [0.15, 0.2) is 0 Å². The minimum atomic E-state index is 0.0450. The van der Waals surface area contributed by atoms with E-state index in [9.17, 15) is 4.79 Å². The quantitative estimate of drug-likeness (QED) is 0.799. The number of ether oxygens (including phenoxy) is 1. The van der Waals surface area contributed by atoms with Crippen LogP contribution in [0.1, 0.15) is 17.7 Å². The number of carbonyl (C=O) groups excluding carboxylic acids is 1. The van der Waals surface area contributed by atoms with Gasteiger partial charge in [0.2, 0.25) is 11.8 Å². The molecule has 2 aromatic rings. The van der Waals surface area contributed by atoms with E-state index in [1.807, 2.05) is 37.8 Å². The monoisotopic (exact) mass is 314 g/mol. The summed E-state index contributed by atoms with van der Waals surface area (Å²) < 4.78 is 7.71. The largest absolute Gasteiger partial charge is 0.476 e. The van der Waals surface area contributed by atoms with Crippen molar-refractivity contribution in [3.8, 4) is 17.0 Å². The molecule has 0 bridgehead atoms. The highest BCUT2D eigenvalue weighted by Gasteiger charge is 2.21. The molecule has 0 radical (unpaired) electrons. The summed E-state index contributed by atoms with van der Waals surface area (Å²) in [7, 11) is 3.84. The summed E-state index contributed by atoms with van der Waals surface area (Å²) in [5, 5.41) is 10.4. The fourth-order valence-electron chi connectivity index (χ4n) is 2.81. The van der Waals surface area contributed by atoms with Crippen molar-refractivity contribution in [1.29, 1.82) is 0 Å². The Morgan fingerprint density at radius 1 is 1.43 bits per heavy atom. The molecule has 0 fully saturated rings. The Morgan fingerprint density at radius 3 is 3.04 bits per heavy atom. The first-order valence-corrected chi connectivity index (χ1v) is 7.84. The van der Waals surface area contributed by atoms with Gasteiger partial charge in [-0.05, 0) is 50.2 Å². The molecule has 0 aliphatic carbocycles. The van der Waals surface area contributed by atoms with Gasteiger partial charge in [0.1, 0.15) is 0 Å². The van der Waals surface area contributed by atoms with Gasteiger partial charge in [-0.2, -0.15) is 0 Å². The zero-order valence-corrected chi connectivity index (χ0v) is 13.8. The van der Waals surface area contributed by atoms with E-state index in [-0.39, 0.29) is 5.91 Å². The highest BCUT2D eigenvalue weighted by molar-refractivity contribution is 5.99. The molecule has 0 saturated heterocycles. The number of nitrogens with zero attached hydrogens (tertiary/aromatic N) is 2. The van der Waals surface area contributed by atoms with E-state index in [4.69, 9.17) is 4.74 Å². The van der Waals surface area contributed by atoms with Gasteiger partial charge in [0, 0.05) is 18.4 Å². The molecule has 3 rings (SSSR count). The molecular weight excluding hydrogens is 292 g/mol.